The van der Waals surface area contributed by atoms with Crippen LogP contribution in [0.25, 0.3) is 44.6 Å². The fraction of sp³-hybridized carbons (Fsp3) is 0.411. The molecule has 0 aliphatic carbocycles. The fourth-order valence-electron chi connectivity index (χ4n) is 20.2. The number of anilines is 8. The Kier molecular flexibility index (Phi) is 33.3. The van der Waals surface area contributed by atoms with E-state index in [1.807, 2.05) is 36.7 Å². The average molecular weight is 1980 g/mol. The Morgan fingerprint density at radius 3 is 0.966 bits per heavy atom. The zero-order chi connectivity index (χ0) is 100. The van der Waals surface area contributed by atoms with Crippen molar-refractivity contribution in [1.29, 1.82) is 0 Å². The van der Waals surface area contributed by atoms with E-state index >= 15 is 0 Å². The van der Waals surface area contributed by atoms with E-state index in [1.165, 1.54) is 118 Å². The van der Waals surface area contributed by atoms with E-state index in [0.29, 0.717) is 135 Å². The van der Waals surface area contributed by atoms with E-state index in [1.54, 1.807) is 33.8 Å². The standard InChI is InChI=1S/2C29H34N6O3.2C27H31N5O3/c30-27-24-15-26(36)35(28(24)33-29(32-27)38-19-21-9-13-37-14-10-21)18-20-3-6-23(7-4-20)25-8-5-22(16-31-25)17-34-11-1-2-12-34;30-27-25-15-26(36)35(28(25)33-29(32-27)38-19-21-9-13-37-14-10-21)17-20-3-5-22(6-4-20)23-7-8-24(31-16-23)18-34-11-1-2-12-34;1-34-14-15-35-27-29-25(28)23-16-24(33)32(26(23)30-27)18-20-6-10-22(11-7-20)21-8-4-19(5-9-21)17-31-12-2-3-13-31;1-34-13-14-35-27-29-25(28)23-16-24(33)32(26(23)30-27)18-19-7-9-21(10-8-19)22-6-4-5-20(15-22)17-31-11-2-3-12-31/h2*3-8,16,21H,1-2,9-15,17-19H2,(H2,30,32,33);4-11H,2-3,12-18H2,1H3,(H2,28,29,30);4-10,15H,2-3,11-14,16-18H2,1H3,(H2,28,29,30). The maximum atomic E-state index is 12.9. The van der Waals surface area contributed by atoms with E-state index in [0.717, 1.165) is 153 Å². The van der Waals surface area contributed by atoms with Crippen LogP contribution < -0.4 is 61.5 Å². The molecule has 0 bridgehead atoms. The zero-order valence-electron chi connectivity index (χ0n) is 83.4. The highest BCUT2D eigenvalue weighted by Crippen LogP contribution is 2.41. The van der Waals surface area contributed by atoms with Crippen molar-refractivity contribution in [1.82, 2.24) is 69.4 Å². The van der Waals surface area contributed by atoms with Crippen molar-refractivity contribution in [2.45, 2.75) is 155 Å². The predicted molar refractivity (Wildman–Crippen MR) is 559 cm³/mol. The van der Waals surface area contributed by atoms with Gasteiger partial charge in [0, 0.05) is 113 Å². The first-order valence-corrected chi connectivity index (χ1v) is 51.3. The number of nitrogen functional groups attached to an aromatic ring is 4. The molecule has 34 heteroatoms. The van der Waals surface area contributed by atoms with Crippen LogP contribution in [0.4, 0.5) is 46.5 Å². The minimum atomic E-state index is -0.0484. The molecule has 16 heterocycles. The largest absolute Gasteiger partial charge is 0.463 e. The molecular weight excluding hydrogens is 1850 g/mol. The third kappa shape index (κ3) is 25.7. The Hall–Kier alpha value is -14.1. The molecule has 34 nitrogen and oxygen atoms in total. The summed E-state index contributed by atoms with van der Waals surface area (Å²) in [6.45, 7) is 20.5. The number of methoxy groups -OCH3 is 2. The lowest BCUT2D eigenvalue weighted by Crippen LogP contribution is -2.27. The Morgan fingerprint density at radius 1 is 0.301 bits per heavy atom. The molecule has 10 aliphatic rings. The number of carbonyl (C=O) groups excluding carboxylic acids is 4. The third-order valence-electron chi connectivity index (χ3n) is 28.5. The molecule has 22 rings (SSSR count). The first-order valence-electron chi connectivity index (χ1n) is 51.3. The summed E-state index contributed by atoms with van der Waals surface area (Å²) >= 11 is 0. The van der Waals surface area contributed by atoms with Crippen LogP contribution in [0.3, 0.4) is 0 Å². The van der Waals surface area contributed by atoms with Gasteiger partial charge < -0.3 is 60.8 Å². The van der Waals surface area contributed by atoms with E-state index in [2.05, 4.69) is 210 Å². The summed E-state index contributed by atoms with van der Waals surface area (Å²) in [5, 5.41) is 0. The highest BCUT2D eigenvalue weighted by atomic mass is 16.5. The molecule has 4 amide bonds. The van der Waals surface area contributed by atoms with Crippen molar-refractivity contribution in [3.8, 4) is 68.7 Å². The number of benzene rings is 6. The molecule has 10 aliphatic heterocycles. The summed E-state index contributed by atoms with van der Waals surface area (Å²) in [6, 6.07) is 59.9. The van der Waals surface area contributed by atoms with Crippen molar-refractivity contribution in [2.75, 3.05) is 175 Å². The lowest BCUT2D eigenvalue weighted by atomic mass is 10.0. The van der Waals surface area contributed by atoms with Gasteiger partial charge in [0.2, 0.25) is 23.6 Å². The monoisotopic (exact) mass is 1980 g/mol. The van der Waals surface area contributed by atoms with Gasteiger partial charge in [0.15, 0.2) is 0 Å². The minimum absolute atomic E-state index is 0.0375. The number of likely N-dealkylation sites (tertiary alicyclic amines) is 4. The number of fused-ring (bicyclic) bond motifs is 4. The van der Waals surface area contributed by atoms with Crippen LogP contribution in [0, 0.1) is 11.8 Å². The second kappa shape index (κ2) is 48.3. The number of hydrogen-bond donors (Lipinski definition) is 4. The van der Waals surface area contributed by atoms with E-state index < -0.39 is 0 Å². The summed E-state index contributed by atoms with van der Waals surface area (Å²) in [5.41, 5.74) is 45.2. The van der Waals surface area contributed by atoms with Gasteiger partial charge in [-0.15, -0.1) is 0 Å². The SMILES string of the molecule is COCCOc1nc(N)c2c(n1)N(Cc1ccc(-c3ccc(CN4CCCC4)cc3)cc1)C(=O)C2.COCCOc1nc(N)c2c(n1)N(Cc1ccc(-c3cccc(CN4CCCC4)c3)cc1)C(=O)C2.Nc1nc(OCC2CCOCC2)nc2c1CC(=O)N2Cc1ccc(-c2ccc(CN3CCCC3)cn2)cc1.Nc1nc(OCC2CCOCC2)nc2c1CC(=O)N2Cc1ccc(-c2ccc(CN3CCCC3)nc2)cc1. The quantitative estimate of drug-likeness (QED) is 0.0272. The molecule has 0 atom stereocenters. The van der Waals surface area contributed by atoms with Gasteiger partial charge in [-0.05, 0) is 226 Å². The molecule has 6 aromatic heterocycles. The number of ether oxygens (including phenoxy) is 8. The summed E-state index contributed by atoms with van der Waals surface area (Å²) in [6.07, 6.45) is 18.9. The molecule has 8 N–H and O–H groups in total. The summed E-state index contributed by atoms with van der Waals surface area (Å²) in [4.78, 5) is 112. The molecule has 6 aromatic carbocycles. The Labute approximate surface area is 851 Å². The lowest BCUT2D eigenvalue weighted by Gasteiger charge is -2.22. The minimum Gasteiger partial charge on any atom is -0.463 e. The van der Waals surface area contributed by atoms with E-state index in [4.69, 9.17) is 65.8 Å². The molecule has 146 heavy (non-hydrogen) atoms. The number of hydrogen-bond acceptors (Lipinski definition) is 30. The van der Waals surface area contributed by atoms with Gasteiger partial charge in [0.25, 0.3) is 0 Å². The normalized spacial score (nSPS) is 16.9. The molecule has 6 saturated heterocycles. The van der Waals surface area contributed by atoms with Gasteiger partial charge in [0.05, 0.1) is 89.7 Å². The van der Waals surface area contributed by atoms with Gasteiger partial charge >= 0.3 is 24.0 Å². The first kappa shape index (κ1) is 101. The molecule has 0 spiro atoms. The Morgan fingerprint density at radius 2 is 0.616 bits per heavy atom. The second-order valence-electron chi connectivity index (χ2n) is 39.0. The van der Waals surface area contributed by atoms with Crippen LogP contribution in [0.15, 0.2) is 182 Å². The van der Waals surface area contributed by atoms with Gasteiger partial charge in [0.1, 0.15) is 59.8 Å². The number of nitrogens with zero attached hydrogens (tertiary/aromatic N) is 18. The highest BCUT2D eigenvalue weighted by Gasteiger charge is 2.38. The Balaban J connectivity index is 0.000000123. The van der Waals surface area contributed by atoms with Crippen LogP contribution in [0.5, 0.6) is 24.0 Å². The first-order chi connectivity index (χ1) is 71.4. The van der Waals surface area contributed by atoms with Crippen molar-refractivity contribution >= 4 is 70.2 Å². The molecule has 0 radical (unpaired) electrons. The average Bonchev–Trinajstić information content (AvgIpc) is 1.64. The van der Waals surface area contributed by atoms with E-state index in [-0.39, 0.29) is 85.0 Å². The van der Waals surface area contributed by atoms with Crippen LogP contribution in [0.2, 0.25) is 0 Å². The Bertz CT molecular complexity index is 6260. The predicted octanol–water partition coefficient (Wildman–Crippen LogP) is 14.1. The summed E-state index contributed by atoms with van der Waals surface area (Å²) in [7, 11) is 3.19. The number of nitrogens with two attached hydrogens (primary N) is 4. The smallest absolute Gasteiger partial charge is 0.320 e. The third-order valence-corrected chi connectivity index (χ3v) is 28.5. The van der Waals surface area contributed by atoms with Crippen molar-refractivity contribution in [3.63, 3.8) is 0 Å². The van der Waals surface area contributed by atoms with Gasteiger partial charge in [-0.25, -0.2) is 0 Å². The molecule has 6 fully saturated rings. The van der Waals surface area contributed by atoms with E-state index in [9.17, 15) is 19.2 Å². The molecule has 0 saturated carbocycles. The summed E-state index contributed by atoms with van der Waals surface area (Å²) < 4.78 is 43.7. The maximum absolute atomic E-state index is 12.9. The number of aromatic nitrogens is 10. The van der Waals surface area contributed by atoms with Gasteiger partial charge in [-0.3, -0.25) is 68.3 Å². The molecule has 12 aromatic rings. The van der Waals surface area contributed by atoms with Crippen molar-refractivity contribution in [2.24, 2.45) is 11.8 Å². The van der Waals surface area contributed by atoms with Gasteiger partial charge in [-0.1, -0.05) is 152 Å². The van der Waals surface area contributed by atoms with Crippen molar-refractivity contribution < 1.29 is 57.1 Å². The number of pyridine rings is 2. The molecule has 0 unspecified atom stereocenters. The number of amides is 4. The number of carbonyl (C=O) groups is 4. The maximum Gasteiger partial charge on any atom is 0.320 e. The van der Waals surface area contributed by atoms with Crippen LogP contribution in [-0.4, -0.2) is 226 Å². The highest BCUT2D eigenvalue weighted by molar-refractivity contribution is 6.04. The lowest BCUT2D eigenvalue weighted by molar-refractivity contribution is -0.118. The van der Waals surface area contributed by atoms with Crippen LogP contribution in [0.1, 0.15) is 144 Å². The number of rotatable bonds is 34. The topological polar surface area (TPSA) is 401 Å². The van der Waals surface area contributed by atoms with Crippen LogP contribution >= 0.6 is 0 Å². The zero-order valence-corrected chi connectivity index (χ0v) is 83.4. The second-order valence-corrected chi connectivity index (χ2v) is 39.0. The molecular formula is C112H130N22O12. The molecule has 760 valence electrons. The van der Waals surface area contributed by atoms with Gasteiger partial charge in [-0.2, -0.15) is 39.9 Å². The van der Waals surface area contributed by atoms with Crippen LogP contribution in [-0.2, 0) is 116 Å². The fourth-order valence-corrected chi connectivity index (χ4v) is 20.2. The summed E-state index contributed by atoms with van der Waals surface area (Å²) in [5.74, 6) is 3.96. The van der Waals surface area contributed by atoms with Crippen molar-refractivity contribution in [3.05, 3.63) is 249 Å².